The lowest BCUT2D eigenvalue weighted by atomic mass is 10.0. The van der Waals surface area contributed by atoms with Crippen LogP contribution in [-0.2, 0) is 9.53 Å². The first-order valence-corrected chi connectivity index (χ1v) is 9.66. The second-order valence-electron chi connectivity index (χ2n) is 7.04. The third-order valence-electron chi connectivity index (χ3n) is 4.72. The number of nitrogens with one attached hydrogen (secondary N) is 3. The largest absolute Gasteiger partial charge is 0.379 e. The molecule has 1 aliphatic heterocycles. The van der Waals surface area contributed by atoms with Crippen LogP contribution in [0.25, 0.3) is 0 Å². The summed E-state index contributed by atoms with van der Waals surface area (Å²) in [5.41, 5.74) is 1.41. The number of rotatable bonds is 7. The van der Waals surface area contributed by atoms with Gasteiger partial charge >= 0.3 is 0 Å². The molecule has 0 spiro atoms. The zero-order valence-electron chi connectivity index (χ0n) is 17.4. The summed E-state index contributed by atoms with van der Waals surface area (Å²) in [6.45, 7) is 8.73. The normalized spacial score (nSPS) is 15.8. The summed E-state index contributed by atoms with van der Waals surface area (Å²) >= 11 is 0. The van der Waals surface area contributed by atoms with Gasteiger partial charge in [0.15, 0.2) is 5.96 Å². The fourth-order valence-corrected chi connectivity index (χ4v) is 3.17. The van der Waals surface area contributed by atoms with Crippen LogP contribution in [0, 0.1) is 18.3 Å². The maximum absolute atomic E-state index is 12.2. The van der Waals surface area contributed by atoms with E-state index in [2.05, 4.69) is 45.6 Å². The number of carbonyl (C=O) groups excluding carboxylic acids is 1. The topological polar surface area (TPSA) is 78.0 Å². The minimum absolute atomic E-state index is 0. The Hall–Kier alpha value is -1.83. The third-order valence-corrected chi connectivity index (χ3v) is 4.72. The molecule has 7 nitrogen and oxygen atoms in total. The van der Waals surface area contributed by atoms with E-state index in [4.69, 9.17) is 11.2 Å². The van der Waals surface area contributed by atoms with E-state index >= 15 is 0 Å². The maximum atomic E-state index is 12.2. The zero-order chi connectivity index (χ0) is 20.4. The number of amides is 1. The highest BCUT2D eigenvalue weighted by molar-refractivity contribution is 14.0. The predicted molar refractivity (Wildman–Crippen MR) is 129 cm³/mol. The summed E-state index contributed by atoms with van der Waals surface area (Å²) in [6, 6.07) is 7.58. The molecule has 3 N–H and O–H groups in total. The summed E-state index contributed by atoms with van der Waals surface area (Å²) in [5.74, 6) is 3.49. The van der Waals surface area contributed by atoms with Crippen LogP contribution in [0.5, 0.6) is 0 Å². The number of terminal acetylenes is 1. The van der Waals surface area contributed by atoms with Crippen molar-refractivity contribution in [2.24, 2.45) is 10.9 Å². The van der Waals surface area contributed by atoms with Gasteiger partial charge in [0.05, 0.1) is 19.8 Å². The van der Waals surface area contributed by atoms with E-state index in [9.17, 15) is 4.79 Å². The van der Waals surface area contributed by atoms with Crippen molar-refractivity contribution in [3.8, 4) is 12.3 Å². The number of aliphatic imine (C=N–C) groups is 1. The molecule has 1 aromatic rings. The van der Waals surface area contributed by atoms with Crippen LogP contribution in [0.2, 0.25) is 0 Å². The quantitative estimate of drug-likeness (QED) is 0.224. The first-order valence-electron chi connectivity index (χ1n) is 9.66. The van der Waals surface area contributed by atoms with E-state index in [0.717, 1.165) is 38.4 Å². The van der Waals surface area contributed by atoms with Crippen molar-refractivity contribution in [3.05, 3.63) is 29.8 Å². The third kappa shape index (κ3) is 8.60. The van der Waals surface area contributed by atoms with E-state index in [1.165, 1.54) is 0 Å². The minimum atomic E-state index is -0.161. The molecule has 0 radical (unpaired) electrons. The summed E-state index contributed by atoms with van der Waals surface area (Å²) in [5, 5.41) is 9.22. The van der Waals surface area contributed by atoms with Gasteiger partial charge in [0.25, 0.3) is 0 Å². The number of morpholine rings is 1. The summed E-state index contributed by atoms with van der Waals surface area (Å²) in [7, 11) is 1.70. The Labute approximate surface area is 191 Å². The van der Waals surface area contributed by atoms with E-state index in [1.807, 2.05) is 12.1 Å². The van der Waals surface area contributed by atoms with Crippen LogP contribution in [0.15, 0.2) is 29.3 Å². The molecule has 1 heterocycles. The molecule has 0 saturated carbocycles. The van der Waals surface area contributed by atoms with Crippen molar-refractivity contribution in [1.29, 1.82) is 0 Å². The van der Waals surface area contributed by atoms with Gasteiger partial charge in [-0.05, 0) is 24.1 Å². The van der Waals surface area contributed by atoms with Gasteiger partial charge in [-0.3, -0.25) is 14.7 Å². The van der Waals surface area contributed by atoms with Crippen LogP contribution >= 0.6 is 24.0 Å². The summed E-state index contributed by atoms with van der Waals surface area (Å²) < 4.78 is 5.45. The van der Waals surface area contributed by atoms with Crippen LogP contribution in [0.3, 0.4) is 0 Å². The fourth-order valence-electron chi connectivity index (χ4n) is 3.17. The van der Waals surface area contributed by atoms with Crippen molar-refractivity contribution < 1.29 is 9.53 Å². The van der Waals surface area contributed by atoms with Crippen LogP contribution in [0.4, 0.5) is 5.69 Å². The average molecular weight is 513 g/mol. The number of halogens is 1. The van der Waals surface area contributed by atoms with Crippen LogP contribution < -0.4 is 16.0 Å². The van der Waals surface area contributed by atoms with Gasteiger partial charge in [0, 0.05) is 44.0 Å². The highest BCUT2D eigenvalue weighted by Crippen LogP contribution is 2.12. The van der Waals surface area contributed by atoms with E-state index in [0.29, 0.717) is 23.6 Å². The Morgan fingerprint density at radius 2 is 2.03 bits per heavy atom. The number of ether oxygens (including phenoxy) is 1. The standard InChI is InChI=1S/C21H31N5O2.HI/c1-5-17-7-6-8-18(13-17)25-20(27)15-24-21(22-4)23-14-19(16(2)3)26-9-11-28-12-10-26;/h1,6-8,13,16,19H,9-12,14-15H2,2-4H3,(H,25,27)(H2,22,23,24);1H. The molecule has 0 aliphatic carbocycles. The van der Waals surface area contributed by atoms with E-state index in [1.54, 1.807) is 19.2 Å². The highest BCUT2D eigenvalue weighted by atomic mass is 127. The van der Waals surface area contributed by atoms with Crippen molar-refractivity contribution in [2.75, 3.05) is 51.8 Å². The monoisotopic (exact) mass is 513 g/mol. The highest BCUT2D eigenvalue weighted by Gasteiger charge is 2.23. The van der Waals surface area contributed by atoms with Gasteiger partial charge < -0.3 is 20.7 Å². The molecule has 1 saturated heterocycles. The molecular formula is C21H32IN5O2. The lowest BCUT2D eigenvalue weighted by molar-refractivity contribution is -0.115. The molecule has 1 unspecified atom stereocenters. The Kier molecular flexibility index (Phi) is 11.7. The van der Waals surface area contributed by atoms with Gasteiger partial charge in [0.1, 0.15) is 0 Å². The van der Waals surface area contributed by atoms with Crippen LogP contribution in [0.1, 0.15) is 19.4 Å². The summed E-state index contributed by atoms with van der Waals surface area (Å²) in [4.78, 5) is 18.9. The lowest BCUT2D eigenvalue weighted by Gasteiger charge is -2.37. The van der Waals surface area contributed by atoms with E-state index < -0.39 is 0 Å². The fraction of sp³-hybridized carbons (Fsp3) is 0.524. The Balaban J connectivity index is 0.00000420. The first-order chi connectivity index (χ1) is 13.5. The molecule has 8 heteroatoms. The first kappa shape index (κ1) is 25.2. The Morgan fingerprint density at radius 3 is 2.66 bits per heavy atom. The van der Waals surface area contributed by atoms with Crippen molar-refractivity contribution in [3.63, 3.8) is 0 Å². The molecule has 1 amide bonds. The summed E-state index contributed by atoms with van der Waals surface area (Å²) in [6.07, 6.45) is 5.39. The van der Waals surface area contributed by atoms with Gasteiger partial charge in [-0.15, -0.1) is 30.4 Å². The number of hydrogen-bond acceptors (Lipinski definition) is 4. The Morgan fingerprint density at radius 1 is 1.31 bits per heavy atom. The predicted octanol–water partition coefficient (Wildman–Crippen LogP) is 1.75. The number of carbonyl (C=O) groups is 1. The molecule has 0 bridgehead atoms. The molecule has 0 aromatic heterocycles. The molecule has 29 heavy (non-hydrogen) atoms. The molecular weight excluding hydrogens is 481 g/mol. The number of anilines is 1. The van der Waals surface area contributed by atoms with Crippen molar-refractivity contribution >= 4 is 41.5 Å². The number of nitrogens with zero attached hydrogens (tertiary/aromatic N) is 2. The second kappa shape index (κ2) is 13.4. The number of guanidine groups is 1. The average Bonchev–Trinajstić information content (AvgIpc) is 2.71. The zero-order valence-corrected chi connectivity index (χ0v) is 19.7. The lowest BCUT2D eigenvalue weighted by Crippen LogP contribution is -2.53. The van der Waals surface area contributed by atoms with Crippen molar-refractivity contribution in [2.45, 2.75) is 19.9 Å². The van der Waals surface area contributed by atoms with Gasteiger partial charge in [-0.1, -0.05) is 25.8 Å². The Bertz CT molecular complexity index is 711. The van der Waals surface area contributed by atoms with E-state index in [-0.39, 0.29) is 36.4 Å². The van der Waals surface area contributed by atoms with Gasteiger partial charge in [-0.25, -0.2) is 0 Å². The molecule has 1 fully saturated rings. The second-order valence-corrected chi connectivity index (χ2v) is 7.04. The maximum Gasteiger partial charge on any atom is 0.243 e. The van der Waals surface area contributed by atoms with Crippen LogP contribution in [-0.4, -0.2) is 69.2 Å². The SMILES string of the molecule is C#Cc1cccc(NC(=O)CNC(=NC)NCC(C(C)C)N2CCOCC2)c1.I. The minimum Gasteiger partial charge on any atom is -0.379 e. The van der Waals surface area contributed by atoms with Crippen molar-refractivity contribution in [1.82, 2.24) is 15.5 Å². The molecule has 1 aromatic carbocycles. The molecule has 2 rings (SSSR count). The molecule has 160 valence electrons. The number of hydrogen-bond donors (Lipinski definition) is 3. The smallest absolute Gasteiger partial charge is 0.243 e. The molecule has 1 aliphatic rings. The van der Waals surface area contributed by atoms with Gasteiger partial charge in [-0.2, -0.15) is 0 Å². The van der Waals surface area contributed by atoms with Gasteiger partial charge in [0.2, 0.25) is 5.91 Å². The molecule has 1 atom stereocenters. The number of benzene rings is 1.